The van der Waals surface area contributed by atoms with Crippen molar-refractivity contribution in [3.63, 3.8) is 0 Å². The third-order valence-corrected chi connectivity index (χ3v) is 8.07. The van der Waals surface area contributed by atoms with Crippen LogP contribution in [0.15, 0.2) is 36.4 Å². The van der Waals surface area contributed by atoms with Crippen LogP contribution in [0, 0.1) is 5.41 Å². The van der Waals surface area contributed by atoms with Gasteiger partial charge in [0.25, 0.3) is 0 Å². The Kier molecular flexibility index (Phi) is 9.02. The first-order chi connectivity index (χ1) is 19.1. The Hall–Kier alpha value is -2.75. The molecular formula is C32H48BN3O5. The molecule has 0 bridgehead atoms. The second kappa shape index (κ2) is 11.9. The van der Waals surface area contributed by atoms with E-state index in [4.69, 9.17) is 24.5 Å². The van der Waals surface area contributed by atoms with Crippen molar-refractivity contribution in [3.05, 3.63) is 53.1 Å². The molecule has 4 rings (SSSR count). The average Bonchev–Trinajstić information content (AvgIpc) is 3.19. The number of nitrogens with zero attached hydrogens (tertiary/aromatic N) is 1. The number of anilines is 2. The fourth-order valence-electron chi connectivity index (χ4n) is 5.84. The monoisotopic (exact) mass is 565 g/mol. The molecule has 9 heteroatoms. The van der Waals surface area contributed by atoms with Crippen LogP contribution in [0.5, 0.6) is 5.75 Å². The minimum absolute atomic E-state index is 0.00285. The summed E-state index contributed by atoms with van der Waals surface area (Å²) in [6, 6.07) is 11.6. The molecule has 1 heterocycles. The van der Waals surface area contributed by atoms with Gasteiger partial charge in [0.15, 0.2) is 0 Å². The van der Waals surface area contributed by atoms with Gasteiger partial charge in [-0.1, -0.05) is 32.0 Å². The number of benzene rings is 2. The van der Waals surface area contributed by atoms with E-state index < -0.39 is 18.7 Å². The molecular weight excluding hydrogens is 517 g/mol. The summed E-state index contributed by atoms with van der Waals surface area (Å²) < 4.78 is 24.9. The van der Waals surface area contributed by atoms with E-state index in [0.29, 0.717) is 17.7 Å². The third-order valence-electron chi connectivity index (χ3n) is 8.07. The maximum absolute atomic E-state index is 13.1. The van der Waals surface area contributed by atoms with Crippen LogP contribution in [0.25, 0.3) is 0 Å². The van der Waals surface area contributed by atoms with Crippen molar-refractivity contribution in [2.75, 3.05) is 32.3 Å². The standard InChI is InChI=1S/C32H48BN3O5/c1-30(2,3)39-29(37)24-12-10-11-21(28(24)38-9)17-27(35-23-14-13-22(20-36(7)8)25(34)18-23)33-40-26-19-31(4,5)15-16-32(26,6)41-33/h10-14,18,26-27,35H,15-17,19-20,34H2,1-9H3/t26?,27-,32?/m0/s1. The summed E-state index contributed by atoms with van der Waals surface area (Å²) in [5, 5.41) is 3.66. The van der Waals surface area contributed by atoms with Gasteiger partial charge in [-0.05, 0) is 102 Å². The molecule has 0 spiro atoms. The zero-order valence-corrected chi connectivity index (χ0v) is 26.3. The Morgan fingerprint density at radius 2 is 1.90 bits per heavy atom. The molecule has 0 amide bonds. The highest BCUT2D eigenvalue weighted by atomic mass is 16.7. The Bertz CT molecular complexity index is 1240. The van der Waals surface area contributed by atoms with E-state index in [0.717, 1.165) is 48.3 Å². The van der Waals surface area contributed by atoms with Crippen molar-refractivity contribution >= 4 is 24.5 Å². The topological polar surface area (TPSA) is 95.3 Å². The van der Waals surface area contributed by atoms with Crippen LogP contribution in [0.4, 0.5) is 11.4 Å². The molecule has 224 valence electrons. The van der Waals surface area contributed by atoms with Crippen LogP contribution < -0.4 is 15.8 Å². The zero-order valence-electron chi connectivity index (χ0n) is 26.3. The maximum atomic E-state index is 13.1. The molecule has 1 saturated heterocycles. The predicted octanol–water partition coefficient (Wildman–Crippen LogP) is 5.73. The number of ether oxygens (including phenoxy) is 2. The summed E-state index contributed by atoms with van der Waals surface area (Å²) >= 11 is 0. The third kappa shape index (κ3) is 7.56. The smallest absolute Gasteiger partial charge is 0.481 e. The molecule has 2 aromatic rings. The van der Waals surface area contributed by atoms with Gasteiger partial charge in [-0.3, -0.25) is 0 Å². The van der Waals surface area contributed by atoms with Gasteiger partial charge in [0, 0.05) is 17.9 Å². The lowest BCUT2D eigenvalue weighted by atomic mass is 9.70. The van der Waals surface area contributed by atoms with Crippen LogP contribution in [0.3, 0.4) is 0 Å². The number of para-hydroxylation sites is 1. The number of fused-ring (bicyclic) bond motifs is 1. The second-order valence-electron chi connectivity index (χ2n) is 13.9. The minimum Gasteiger partial charge on any atom is -0.496 e. The van der Waals surface area contributed by atoms with Crippen LogP contribution in [0.1, 0.15) is 82.3 Å². The Balaban J connectivity index is 1.66. The van der Waals surface area contributed by atoms with E-state index in [1.54, 1.807) is 13.2 Å². The first-order valence-corrected chi connectivity index (χ1v) is 14.6. The normalized spacial score (nSPS) is 22.8. The summed E-state index contributed by atoms with van der Waals surface area (Å²) in [5.41, 5.74) is 9.60. The molecule has 1 aliphatic carbocycles. The van der Waals surface area contributed by atoms with Crippen LogP contribution in [0.2, 0.25) is 0 Å². The molecule has 0 aromatic heterocycles. The van der Waals surface area contributed by atoms with Gasteiger partial charge in [0.1, 0.15) is 16.9 Å². The maximum Gasteiger partial charge on any atom is 0.481 e. The molecule has 1 saturated carbocycles. The summed E-state index contributed by atoms with van der Waals surface area (Å²) in [5.74, 6) is -0.196. The number of nitrogens with one attached hydrogen (secondary N) is 1. The molecule has 8 nitrogen and oxygen atoms in total. The lowest BCUT2D eigenvalue weighted by molar-refractivity contribution is -0.0238. The van der Waals surface area contributed by atoms with Gasteiger partial charge in [-0.25, -0.2) is 4.79 Å². The van der Waals surface area contributed by atoms with Gasteiger partial charge >= 0.3 is 13.1 Å². The number of methoxy groups -OCH3 is 1. The van der Waals surface area contributed by atoms with Crippen LogP contribution in [-0.2, 0) is 27.0 Å². The Labute approximate surface area is 246 Å². The van der Waals surface area contributed by atoms with E-state index in [2.05, 4.69) is 37.1 Å². The highest BCUT2D eigenvalue weighted by Crippen LogP contribution is 2.47. The van der Waals surface area contributed by atoms with Gasteiger partial charge in [0.2, 0.25) is 0 Å². The van der Waals surface area contributed by atoms with Gasteiger partial charge in [-0.15, -0.1) is 0 Å². The van der Waals surface area contributed by atoms with Crippen LogP contribution in [-0.4, -0.2) is 62.4 Å². The fraction of sp³-hybridized carbons (Fsp3) is 0.594. The molecule has 2 aromatic carbocycles. The molecule has 3 N–H and O–H groups in total. The van der Waals surface area contributed by atoms with Crippen molar-refractivity contribution < 1.29 is 23.6 Å². The quantitative estimate of drug-likeness (QED) is 0.226. The van der Waals surface area contributed by atoms with Crippen molar-refractivity contribution in [2.45, 2.75) is 97.0 Å². The Morgan fingerprint density at radius 1 is 1.17 bits per heavy atom. The van der Waals surface area contributed by atoms with Crippen molar-refractivity contribution in [3.8, 4) is 5.75 Å². The lowest BCUT2D eigenvalue weighted by Crippen LogP contribution is -2.45. The molecule has 41 heavy (non-hydrogen) atoms. The number of esters is 1. The average molecular weight is 566 g/mol. The molecule has 3 atom stereocenters. The number of hydrogen-bond donors (Lipinski definition) is 2. The van der Waals surface area contributed by atoms with E-state index in [-0.39, 0.29) is 23.1 Å². The van der Waals surface area contributed by atoms with Crippen molar-refractivity contribution in [2.24, 2.45) is 5.41 Å². The largest absolute Gasteiger partial charge is 0.496 e. The zero-order chi connectivity index (χ0) is 30.2. The van der Waals surface area contributed by atoms with E-state index >= 15 is 0 Å². The number of carbonyl (C=O) groups is 1. The van der Waals surface area contributed by atoms with Gasteiger partial charge < -0.3 is 34.7 Å². The summed E-state index contributed by atoms with van der Waals surface area (Å²) in [6.07, 6.45) is 3.47. The predicted molar refractivity (Wildman–Crippen MR) is 165 cm³/mol. The van der Waals surface area contributed by atoms with E-state index in [1.807, 2.05) is 59.1 Å². The minimum atomic E-state index is -0.619. The lowest BCUT2D eigenvalue weighted by Gasteiger charge is -2.42. The molecule has 0 radical (unpaired) electrons. The van der Waals surface area contributed by atoms with Crippen LogP contribution >= 0.6 is 0 Å². The first kappa shape index (κ1) is 31.2. The summed E-state index contributed by atoms with van der Waals surface area (Å²) in [4.78, 5) is 15.2. The summed E-state index contributed by atoms with van der Waals surface area (Å²) in [6.45, 7) is 13.1. The van der Waals surface area contributed by atoms with E-state index in [1.165, 1.54) is 0 Å². The van der Waals surface area contributed by atoms with Gasteiger partial charge in [0.05, 0.1) is 24.8 Å². The highest BCUT2D eigenvalue weighted by Gasteiger charge is 2.55. The molecule has 2 fully saturated rings. The molecule has 2 unspecified atom stereocenters. The number of hydrogen-bond acceptors (Lipinski definition) is 8. The highest BCUT2D eigenvalue weighted by molar-refractivity contribution is 6.48. The number of rotatable bonds is 9. The summed E-state index contributed by atoms with van der Waals surface area (Å²) in [7, 11) is 5.13. The Morgan fingerprint density at radius 3 is 2.54 bits per heavy atom. The number of nitrogens with two attached hydrogens (primary N) is 1. The second-order valence-corrected chi connectivity index (χ2v) is 13.9. The molecule has 2 aliphatic rings. The van der Waals surface area contributed by atoms with E-state index in [9.17, 15) is 4.79 Å². The van der Waals surface area contributed by atoms with Gasteiger partial charge in [-0.2, -0.15) is 0 Å². The first-order valence-electron chi connectivity index (χ1n) is 14.6. The molecule has 1 aliphatic heterocycles. The fourth-order valence-corrected chi connectivity index (χ4v) is 5.84. The number of carbonyl (C=O) groups excluding carboxylic acids is 1. The SMILES string of the molecule is COc1c(C[C@H](Nc2ccc(CN(C)C)c(N)c2)B2OC3CC(C)(C)CCC3(C)O2)cccc1C(=O)OC(C)(C)C. The van der Waals surface area contributed by atoms with Crippen molar-refractivity contribution in [1.82, 2.24) is 4.90 Å². The number of nitrogen functional groups attached to an aromatic ring is 1. The van der Waals surface area contributed by atoms with Crippen molar-refractivity contribution in [1.29, 1.82) is 0 Å².